The summed E-state index contributed by atoms with van der Waals surface area (Å²) in [5.41, 5.74) is -0.954. The van der Waals surface area contributed by atoms with E-state index in [0.717, 1.165) is 25.3 Å². The Kier molecular flexibility index (Phi) is 5.14. The molecule has 2 N–H and O–H groups in total. The fourth-order valence-electron chi connectivity index (χ4n) is 4.87. The third-order valence-corrected chi connectivity index (χ3v) is 6.20. The second-order valence-corrected chi connectivity index (χ2v) is 8.32. The van der Waals surface area contributed by atoms with Gasteiger partial charge >= 0.3 is 6.16 Å². The van der Waals surface area contributed by atoms with Crippen molar-refractivity contribution in [2.45, 2.75) is 44.3 Å². The molecule has 5 rings (SSSR count). The van der Waals surface area contributed by atoms with Crippen LogP contribution in [0.15, 0.2) is 17.1 Å². The number of nitrogens with one attached hydrogen (secondary N) is 1. The van der Waals surface area contributed by atoms with E-state index in [2.05, 4.69) is 17.0 Å². The second-order valence-electron chi connectivity index (χ2n) is 8.32. The topological polar surface area (TPSA) is 83.8 Å². The summed E-state index contributed by atoms with van der Waals surface area (Å²) >= 11 is 0. The van der Waals surface area contributed by atoms with Crippen LogP contribution in [0.1, 0.15) is 32.2 Å². The van der Waals surface area contributed by atoms with Crippen molar-refractivity contribution >= 4 is 35.2 Å². The minimum atomic E-state index is -1.65. The molecule has 30 heavy (non-hydrogen) atoms. The smallest absolute Gasteiger partial charge is 0.449 e. The minimum Gasteiger partial charge on any atom is -0.449 e. The fraction of sp³-hybridized carbons (Fsp3) is 0.500. The van der Waals surface area contributed by atoms with Gasteiger partial charge in [-0.05, 0) is 38.2 Å². The molecule has 0 amide bonds. The lowest BCUT2D eigenvalue weighted by atomic mass is 10.0. The van der Waals surface area contributed by atoms with Crippen LogP contribution in [0.5, 0.6) is 5.75 Å². The summed E-state index contributed by atoms with van der Waals surface area (Å²) in [4.78, 5) is 25.2. The first-order valence-electron chi connectivity index (χ1n) is 9.82. The fourth-order valence-corrected chi connectivity index (χ4v) is 4.87. The average molecular weight is 442 g/mol. The Hall–Kier alpha value is -2.39. The third kappa shape index (κ3) is 3.30. The van der Waals surface area contributed by atoms with Crippen LogP contribution in [-0.4, -0.2) is 41.0 Å². The standard InChI is InChI=1S/C20H21F2N3O4.ClH/c1-9-4-10-6-24(7-14(10)23-9)18-13(21)5-12-17(16(18)22)25(11-2-3-11)8-15(19(12)26)29-20(27)28;/h5,8-11,14,23H,2-4,6-7H2,1H3,(H,27,28);1H. The normalized spacial score (nSPS) is 25.3. The van der Waals surface area contributed by atoms with Gasteiger partial charge in [0.25, 0.3) is 0 Å². The summed E-state index contributed by atoms with van der Waals surface area (Å²) in [6.07, 6.45) is 2.08. The van der Waals surface area contributed by atoms with Gasteiger partial charge in [-0.25, -0.2) is 13.6 Å². The van der Waals surface area contributed by atoms with Crippen molar-refractivity contribution in [1.29, 1.82) is 0 Å². The number of rotatable bonds is 3. The number of aromatic nitrogens is 1. The number of hydrogen-bond donors (Lipinski definition) is 2. The maximum atomic E-state index is 15.6. The molecule has 2 aromatic rings. The zero-order chi connectivity index (χ0) is 20.4. The molecule has 3 fully saturated rings. The first-order valence-corrected chi connectivity index (χ1v) is 9.82. The predicted octanol–water partition coefficient (Wildman–Crippen LogP) is 3.28. The SMILES string of the molecule is CC1CC2CN(c3c(F)cc4c(=O)c(OC(=O)O)cn(C5CC5)c4c3F)CC2N1.Cl. The highest BCUT2D eigenvalue weighted by molar-refractivity contribution is 5.86. The van der Waals surface area contributed by atoms with E-state index in [9.17, 15) is 9.59 Å². The molecular weight excluding hydrogens is 420 g/mol. The summed E-state index contributed by atoms with van der Waals surface area (Å²) < 4.78 is 36.7. The monoisotopic (exact) mass is 441 g/mol. The molecule has 3 aliphatic rings. The van der Waals surface area contributed by atoms with Crippen molar-refractivity contribution in [3.05, 3.63) is 34.1 Å². The third-order valence-electron chi connectivity index (χ3n) is 6.20. The maximum Gasteiger partial charge on any atom is 0.511 e. The van der Waals surface area contributed by atoms with Crippen LogP contribution in [0.3, 0.4) is 0 Å². The number of benzene rings is 1. The van der Waals surface area contributed by atoms with Gasteiger partial charge in [-0.2, -0.15) is 0 Å². The maximum absolute atomic E-state index is 15.6. The van der Waals surface area contributed by atoms with Crippen molar-refractivity contribution in [2.75, 3.05) is 18.0 Å². The number of ether oxygens (including phenoxy) is 1. The molecule has 2 saturated heterocycles. The molecule has 1 aliphatic carbocycles. The molecular formula is C20H22ClF2N3O4. The van der Waals surface area contributed by atoms with Crippen molar-refractivity contribution in [3.63, 3.8) is 0 Å². The molecule has 3 heterocycles. The van der Waals surface area contributed by atoms with Gasteiger partial charge in [0.2, 0.25) is 5.43 Å². The van der Waals surface area contributed by atoms with Crippen LogP contribution in [-0.2, 0) is 0 Å². The van der Waals surface area contributed by atoms with Gasteiger partial charge in [0.05, 0.1) is 17.1 Å². The molecule has 3 unspecified atom stereocenters. The van der Waals surface area contributed by atoms with E-state index in [-0.39, 0.29) is 41.1 Å². The van der Waals surface area contributed by atoms with Crippen LogP contribution in [0.2, 0.25) is 0 Å². The van der Waals surface area contributed by atoms with Gasteiger partial charge < -0.3 is 24.6 Å². The molecule has 0 bridgehead atoms. The van der Waals surface area contributed by atoms with Crippen molar-refractivity contribution in [2.24, 2.45) is 5.92 Å². The quantitative estimate of drug-likeness (QED) is 0.711. The molecule has 7 nitrogen and oxygen atoms in total. The summed E-state index contributed by atoms with van der Waals surface area (Å²) in [5, 5.41) is 12.1. The second kappa shape index (κ2) is 7.39. The lowest BCUT2D eigenvalue weighted by Crippen LogP contribution is -2.34. The van der Waals surface area contributed by atoms with Gasteiger partial charge in [-0.15, -0.1) is 12.4 Å². The van der Waals surface area contributed by atoms with Gasteiger partial charge in [-0.1, -0.05) is 0 Å². The van der Waals surface area contributed by atoms with Gasteiger partial charge in [0.1, 0.15) is 11.5 Å². The number of halogens is 3. The Bertz CT molecular complexity index is 1070. The zero-order valence-corrected chi connectivity index (χ0v) is 17.0. The number of pyridine rings is 1. The van der Waals surface area contributed by atoms with Crippen LogP contribution in [0.25, 0.3) is 10.9 Å². The van der Waals surface area contributed by atoms with Crippen molar-refractivity contribution in [1.82, 2.24) is 9.88 Å². The van der Waals surface area contributed by atoms with E-state index < -0.39 is 29.0 Å². The number of anilines is 1. The first kappa shape index (κ1) is 20.9. The molecule has 0 radical (unpaired) electrons. The van der Waals surface area contributed by atoms with Crippen LogP contribution < -0.4 is 20.4 Å². The predicted molar refractivity (Wildman–Crippen MR) is 109 cm³/mol. The van der Waals surface area contributed by atoms with E-state index in [1.165, 1.54) is 10.8 Å². The average Bonchev–Trinajstić information content (AvgIpc) is 3.32. The van der Waals surface area contributed by atoms with Crippen LogP contribution >= 0.6 is 12.4 Å². The molecule has 2 aliphatic heterocycles. The van der Waals surface area contributed by atoms with Crippen LogP contribution in [0.4, 0.5) is 19.3 Å². The van der Waals surface area contributed by atoms with Gasteiger partial charge in [0.15, 0.2) is 11.6 Å². The van der Waals surface area contributed by atoms with Crippen molar-refractivity contribution in [3.8, 4) is 5.75 Å². The Morgan fingerprint density at radius 3 is 2.67 bits per heavy atom. The largest absolute Gasteiger partial charge is 0.511 e. The Balaban J connectivity index is 0.00000218. The Morgan fingerprint density at radius 2 is 2.03 bits per heavy atom. The summed E-state index contributed by atoms with van der Waals surface area (Å²) in [7, 11) is 0. The minimum absolute atomic E-state index is 0. The molecule has 162 valence electrons. The van der Waals surface area contributed by atoms with Crippen LogP contribution in [0, 0.1) is 17.6 Å². The van der Waals surface area contributed by atoms with Gasteiger partial charge in [0, 0.05) is 31.2 Å². The Morgan fingerprint density at radius 1 is 1.30 bits per heavy atom. The zero-order valence-electron chi connectivity index (χ0n) is 16.2. The Labute approximate surface area is 177 Å². The molecule has 0 spiro atoms. The number of hydrogen-bond acceptors (Lipinski definition) is 5. The van der Waals surface area contributed by atoms with E-state index in [1.807, 2.05) is 0 Å². The van der Waals surface area contributed by atoms with E-state index >= 15 is 8.78 Å². The van der Waals surface area contributed by atoms with E-state index in [4.69, 9.17) is 5.11 Å². The highest BCUT2D eigenvalue weighted by Gasteiger charge is 2.41. The summed E-state index contributed by atoms with van der Waals surface area (Å²) in [6.45, 7) is 3.16. The van der Waals surface area contributed by atoms with Gasteiger partial charge in [-0.3, -0.25) is 4.79 Å². The number of carboxylic acid groups (broad SMARTS) is 1. The number of fused-ring (bicyclic) bond motifs is 2. The number of nitrogens with zero attached hydrogens (tertiary/aromatic N) is 2. The van der Waals surface area contributed by atoms with Crippen molar-refractivity contribution < 1.29 is 23.4 Å². The lowest BCUT2D eigenvalue weighted by Gasteiger charge is -2.23. The number of carbonyl (C=O) groups is 1. The summed E-state index contributed by atoms with van der Waals surface area (Å²) in [6, 6.07) is 1.53. The molecule has 1 aromatic carbocycles. The molecule has 1 aromatic heterocycles. The molecule has 10 heteroatoms. The molecule has 3 atom stereocenters. The lowest BCUT2D eigenvalue weighted by molar-refractivity contribution is 0.143. The summed E-state index contributed by atoms with van der Waals surface area (Å²) in [5.74, 6) is -1.72. The van der Waals surface area contributed by atoms with E-state index in [1.54, 1.807) is 4.90 Å². The first-order chi connectivity index (χ1) is 13.8. The molecule has 1 saturated carbocycles. The highest BCUT2D eigenvalue weighted by Crippen LogP contribution is 2.41. The van der Waals surface area contributed by atoms with E-state index in [0.29, 0.717) is 25.0 Å². The highest BCUT2D eigenvalue weighted by atomic mass is 35.5.